The number of nitrogens with one attached hydrogen (secondary N) is 1. The minimum Gasteiger partial charge on any atom is -0.475 e. The van der Waals surface area contributed by atoms with Gasteiger partial charge in [-0.05, 0) is 48.6 Å². The van der Waals surface area contributed by atoms with Gasteiger partial charge < -0.3 is 15.3 Å². The smallest absolute Gasteiger partial charge is 0.374 e. The van der Waals surface area contributed by atoms with Crippen LogP contribution in [-0.2, 0) is 14.4 Å². The fourth-order valence-electron chi connectivity index (χ4n) is 4.64. The summed E-state index contributed by atoms with van der Waals surface area (Å²) in [6, 6.07) is 11.2. The molecule has 2 saturated heterocycles. The van der Waals surface area contributed by atoms with E-state index in [4.69, 9.17) is 5.11 Å². The zero-order valence-corrected chi connectivity index (χ0v) is 16.5. The standard InChI is InChI=1S/C23H24N2O5/c26-20(23(29)30)19-12-11-17-7-3-4-8-18(22(28)25(17)19)24-21(27)16-10-9-14-5-1-2-6-15(14)13-16/h1-2,5-6,9-10,13,17-19H,3-4,7-8,11-12H2,(H,24,27)(H,29,30). The number of aliphatic carboxylic acids is 1. The van der Waals surface area contributed by atoms with Gasteiger partial charge in [0.05, 0.1) is 0 Å². The Morgan fingerprint density at radius 3 is 2.43 bits per heavy atom. The van der Waals surface area contributed by atoms with Crippen LogP contribution in [0.2, 0.25) is 0 Å². The zero-order valence-electron chi connectivity index (χ0n) is 16.5. The van der Waals surface area contributed by atoms with Crippen molar-refractivity contribution in [3.8, 4) is 0 Å². The van der Waals surface area contributed by atoms with Gasteiger partial charge in [-0.3, -0.25) is 14.4 Å². The summed E-state index contributed by atoms with van der Waals surface area (Å²) >= 11 is 0. The number of fused-ring (bicyclic) bond motifs is 2. The zero-order chi connectivity index (χ0) is 21.3. The highest BCUT2D eigenvalue weighted by Gasteiger charge is 2.45. The van der Waals surface area contributed by atoms with Crippen LogP contribution in [0.1, 0.15) is 48.9 Å². The summed E-state index contributed by atoms with van der Waals surface area (Å²) in [5.41, 5.74) is 0.458. The van der Waals surface area contributed by atoms with Crippen LogP contribution in [0.3, 0.4) is 0 Å². The van der Waals surface area contributed by atoms with E-state index >= 15 is 0 Å². The molecule has 2 fully saturated rings. The number of nitrogens with zero attached hydrogens (tertiary/aromatic N) is 1. The molecule has 2 N–H and O–H groups in total. The van der Waals surface area contributed by atoms with Crippen molar-refractivity contribution in [3.05, 3.63) is 48.0 Å². The maximum absolute atomic E-state index is 13.3. The molecule has 30 heavy (non-hydrogen) atoms. The molecule has 0 aliphatic carbocycles. The molecule has 7 nitrogen and oxygen atoms in total. The molecule has 3 unspecified atom stereocenters. The second-order valence-electron chi connectivity index (χ2n) is 8.03. The number of rotatable bonds is 4. The Labute approximate surface area is 174 Å². The largest absolute Gasteiger partial charge is 0.475 e. The Kier molecular flexibility index (Phi) is 5.53. The lowest BCUT2D eigenvalue weighted by atomic mass is 9.98. The Bertz CT molecular complexity index is 1020. The first kappa shape index (κ1) is 20.1. The fourth-order valence-corrected chi connectivity index (χ4v) is 4.64. The topological polar surface area (TPSA) is 104 Å². The average molecular weight is 408 g/mol. The highest BCUT2D eigenvalue weighted by atomic mass is 16.4. The molecule has 2 aromatic carbocycles. The van der Waals surface area contributed by atoms with Gasteiger partial charge in [-0.15, -0.1) is 0 Å². The number of Topliss-reactive ketones (excluding diaryl/α,β-unsaturated/α-hetero) is 1. The van der Waals surface area contributed by atoms with E-state index in [1.165, 1.54) is 4.90 Å². The van der Waals surface area contributed by atoms with Crippen molar-refractivity contribution in [2.75, 3.05) is 0 Å². The number of carboxylic acid groups (broad SMARTS) is 1. The van der Waals surface area contributed by atoms with Gasteiger partial charge in [-0.25, -0.2) is 4.79 Å². The molecule has 2 amide bonds. The van der Waals surface area contributed by atoms with Crippen molar-refractivity contribution < 1.29 is 24.3 Å². The highest BCUT2D eigenvalue weighted by molar-refractivity contribution is 6.35. The van der Waals surface area contributed by atoms with E-state index in [9.17, 15) is 19.2 Å². The first-order valence-electron chi connectivity index (χ1n) is 10.3. The van der Waals surface area contributed by atoms with Crippen molar-refractivity contribution >= 4 is 34.3 Å². The summed E-state index contributed by atoms with van der Waals surface area (Å²) in [5, 5.41) is 13.9. The van der Waals surface area contributed by atoms with Crippen LogP contribution >= 0.6 is 0 Å². The molecular weight excluding hydrogens is 384 g/mol. The number of amides is 2. The van der Waals surface area contributed by atoms with Gasteiger partial charge in [0.2, 0.25) is 5.91 Å². The Morgan fingerprint density at radius 1 is 0.933 bits per heavy atom. The molecule has 0 spiro atoms. The van der Waals surface area contributed by atoms with E-state index in [0.717, 1.165) is 30.0 Å². The lowest BCUT2D eigenvalue weighted by Gasteiger charge is -2.34. The van der Waals surface area contributed by atoms with E-state index in [0.29, 0.717) is 24.8 Å². The quantitative estimate of drug-likeness (QED) is 0.757. The van der Waals surface area contributed by atoms with Gasteiger partial charge in [-0.1, -0.05) is 43.2 Å². The maximum Gasteiger partial charge on any atom is 0.374 e. The van der Waals surface area contributed by atoms with Crippen LogP contribution < -0.4 is 5.32 Å². The third-order valence-corrected chi connectivity index (χ3v) is 6.17. The van der Waals surface area contributed by atoms with Crippen molar-refractivity contribution in [1.29, 1.82) is 0 Å². The summed E-state index contributed by atoms with van der Waals surface area (Å²) in [7, 11) is 0. The Hall–Kier alpha value is -3.22. The van der Waals surface area contributed by atoms with E-state index in [1.807, 2.05) is 30.3 Å². The molecule has 7 heteroatoms. The lowest BCUT2D eigenvalue weighted by molar-refractivity contribution is -0.153. The maximum atomic E-state index is 13.3. The van der Waals surface area contributed by atoms with E-state index in [2.05, 4.69) is 5.32 Å². The van der Waals surface area contributed by atoms with E-state index in [1.54, 1.807) is 12.1 Å². The SMILES string of the molecule is O=C(O)C(=O)C1CCC2CCCCC(NC(=O)c3ccc4ccccc4c3)C(=O)N21. The van der Waals surface area contributed by atoms with Gasteiger partial charge in [0.25, 0.3) is 11.7 Å². The van der Waals surface area contributed by atoms with Crippen molar-refractivity contribution in [2.24, 2.45) is 0 Å². The van der Waals surface area contributed by atoms with Crippen LogP contribution in [0.15, 0.2) is 42.5 Å². The van der Waals surface area contributed by atoms with Gasteiger partial charge >= 0.3 is 5.97 Å². The summed E-state index contributed by atoms with van der Waals surface area (Å²) < 4.78 is 0. The van der Waals surface area contributed by atoms with Crippen molar-refractivity contribution in [2.45, 2.75) is 56.7 Å². The monoisotopic (exact) mass is 408 g/mol. The molecule has 0 saturated carbocycles. The van der Waals surface area contributed by atoms with Crippen molar-refractivity contribution in [1.82, 2.24) is 10.2 Å². The number of carboxylic acids is 1. The van der Waals surface area contributed by atoms with E-state index < -0.39 is 23.8 Å². The molecule has 4 rings (SSSR count). The molecule has 0 aromatic heterocycles. The van der Waals surface area contributed by atoms with Crippen LogP contribution in [0.5, 0.6) is 0 Å². The Morgan fingerprint density at radius 2 is 1.67 bits per heavy atom. The predicted molar refractivity (Wildman–Crippen MR) is 110 cm³/mol. The fraction of sp³-hybridized carbons (Fsp3) is 0.391. The summed E-state index contributed by atoms with van der Waals surface area (Å²) in [5.74, 6) is -3.18. The molecule has 0 bridgehead atoms. The van der Waals surface area contributed by atoms with Gasteiger partial charge in [-0.2, -0.15) is 0 Å². The molecule has 2 aromatic rings. The number of benzene rings is 2. The molecule has 0 radical (unpaired) electrons. The van der Waals surface area contributed by atoms with Crippen LogP contribution in [-0.4, -0.2) is 51.7 Å². The van der Waals surface area contributed by atoms with Crippen LogP contribution in [0.4, 0.5) is 0 Å². The molecule has 156 valence electrons. The first-order chi connectivity index (χ1) is 14.5. The number of carbonyl (C=O) groups excluding carboxylic acids is 3. The van der Waals surface area contributed by atoms with E-state index in [-0.39, 0.29) is 17.9 Å². The second-order valence-corrected chi connectivity index (χ2v) is 8.03. The van der Waals surface area contributed by atoms with Gasteiger partial charge in [0, 0.05) is 11.6 Å². The molecular formula is C23H24N2O5. The summed E-state index contributed by atoms with van der Waals surface area (Å²) in [4.78, 5) is 50.9. The summed E-state index contributed by atoms with van der Waals surface area (Å²) in [6.45, 7) is 0. The average Bonchev–Trinajstić information content (AvgIpc) is 3.16. The molecule has 2 aliphatic rings. The predicted octanol–water partition coefficient (Wildman–Crippen LogP) is 2.53. The third-order valence-electron chi connectivity index (χ3n) is 6.17. The number of hydrogen-bond donors (Lipinski definition) is 2. The normalized spacial score (nSPS) is 24.1. The number of hydrogen-bond acceptors (Lipinski definition) is 4. The third kappa shape index (κ3) is 3.79. The lowest BCUT2D eigenvalue weighted by Crippen LogP contribution is -2.55. The second kappa shape index (κ2) is 8.26. The van der Waals surface area contributed by atoms with Gasteiger partial charge in [0.15, 0.2) is 0 Å². The van der Waals surface area contributed by atoms with Crippen LogP contribution in [0.25, 0.3) is 10.8 Å². The molecule has 3 atom stereocenters. The molecule has 2 aliphatic heterocycles. The highest BCUT2D eigenvalue weighted by Crippen LogP contribution is 2.31. The summed E-state index contributed by atoms with van der Waals surface area (Å²) in [6.07, 6.45) is 3.84. The first-order valence-corrected chi connectivity index (χ1v) is 10.3. The van der Waals surface area contributed by atoms with Crippen LogP contribution in [0, 0.1) is 0 Å². The minimum absolute atomic E-state index is 0.147. The number of ketones is 1. The van der Waals surface area contributed by atoms with Gasteiger partial charge in [0.1, 0.15) is 12.1 Å². The molecule has 2 heterocycles. The Balaban J connectivity index is 1.56. The number of carbonyl (C=O) groups is 4. The van der Waals surface area contributed by atoms with Crippen molar-refractivity contribution in [3.63, 3.8) is 0 Å². The minimum atomic E-state index is -1.52.